The SMILES string of the molecule is CCCC[N+](CCC)(CCSCN(CC)CC(=O)Nc1c(C)cccc1C)CC(=O)Cc1c(C)cccc1C. The van der Waals surface area contributed by atoms with Gasteiger partial charge in [0.05, 0.1) is 26.2 Å². The quantitative estimate of drug-likeness (QED) is 0.126. The summed E-state index contributed by atoms with van der Waals surface area (Å²) < 4.78 is 0.875. The molecule has 2 aromatic carbocycles. The molecular weight excluding hydrogens is 502 g/mol. The minimum Gasteiger partial charge on any atom is -0.324 e. The lowest BCUT2D eigenvalue weighted by atomic mass is 9.97. The summed E-state index contributed by atoms with van der Waals surface area (Å²) in [6.07, 6.45) is 3.88. The predicted octanol–water partition coefficient (Wildman–Crippen LogP) is 6.71. The average molecular weight is 555 g/mol. The number of para-hydroxylation sites is 1. The van der Waals surface area contributed by atoms with Crippen LogP contribution < -0.4 is 5.32 Å². The number of thioether (sulfide) groups is 1. The van der Waals surface area contributed by atoms with Crippen LogP contribution in [0.3, 0.4) is 0 Å². The molecule has 0 aliphatic carbocycles. The molecule has 0 bridgehead atoms. The molecule has 0 radical (unpaired) electrons. The number of hydrogen-bond acceptors (Lipinski definition) is 4. The zero-order valence-corrected chi connectivity index (χ0v) is 26.4. The summed E-state index contributed by atoms with van der Waals surface area (Å²) in [5, 5.41) is 3.12. The first kappa shape index (κ1) is 33.1. The molecule has 2 aromatic rings. The Labute approximate surface area is 242 Å². The number of Topliss-reactive ketones (excluding diaryl/α,β-unsaturated/α-hetero) is 1. The number of carbonyl (C=O) groups excluding carboxylic acids is 2. The van der Waals surface area contributed by atoms with E-state index in [1.165, 1.54) is 16.7 Å². The van der Waals surface area contributed by atoms with Crippen LogP contribution in [0.15, 0.2) is 36.4 Å². The number of hydrogen-bond donors (Lipinski definition) is 1. The fourth-order valence-electron chi connectivity index (χ4n) is 5.39. The lowest BCUT2D eigenvalue weighted by Gasteiger charge is -2.38. The van der Waals surface area contributed by atoms with E-state index in [1.807, 2.05) is 43.8 Å². The van der Waals surface area contributed by atoms with Crippen molar-refractivity contribution in [2.75, 3.05) is 56.2 Å². The number of benzene rings is 2. The number of carbonyl (C=O) groups is 2. The summed E-state index contributed by atoms with van der Waals surface area (Å²) in [5.74, 6) is 2.17. The second-order valence-corrected chi connectivity index (χ2v) is 12.2. The lowest BCUT2D eigenvalue weighted by Crippen LogP contribution is -2.54. The van der Waals surface area contributed by atoms with Crippen molar-refractivity contribution in [1.29, 1.82) is 0 Å². The van der Waals surface area contributed by atoms with E-state index in [4.69, 9.17) is 0 Å². The van der Waals surface area contributed by atoms with E-state index in [9.17, 15) is 9.59 Å². The van der Waals surface area contributed by atoms with Crippen molar-refractivity contribution < 1.29 is 14.1 Å². The van der Waals surface area contributed by atoms with Gasteiger partial charge in [-0.1, -0.05) is 63.6 Å². The van der Waals surface area contributed by atoms with Crippen molar-refractivity contribution in [3.8, 4) is 0 Å². The van der Waals surface area contributed by atoms with Crippen LogP contribution in [0, 0.1) is 27.7 Å². The van der Waals surface area contributed by atoms with Crippen LogP contribution in [-0.2, 0) is 16.0 Å². The summed E-state index contributed by atoms with van der Waals surface area (Å²) in [6, 6.07) is 12.4. The predicted molar refractivity (Wildman–Crippen MR) is 169 cm³/mol. The normalized spacial score (nSPS) is 12.9. The van der Waals surface area contributed by atoms with E-state index < -0.39 is 0 Å². The van der Waals surface area contributed by atoms with Crippen LogP contribution in [0.5, 0.6) is 0 Å². The summed E-state index contributed by atoms with van der Waals surface area (Å²) in [5.41, 5.74) is 6.72. The highest BCUT2D eigenvalue weighted by molar-refractivity contribution is 7.99. The van der Waals surface area contributed by atoms with Crippen molar-refractivity contribution in [2.24, 2.45) is 0 Å². The van der Waals surface area contributed by atoms with E-state index in [0.29, 0.717) is 25.3 Å². The first-order valence-electron chi connectivity index (χ1n) is 14.7. The van der Waals surface area contributed by atoms with Gasteiger partial charge in [0, 0.05) is 23.7 Å². The van der Waals surface area contributed by atoms with Gasteiger partial charge in [0.25, 0.3) is 0 Å². The third-order valence-corrected chi connectivity index (χ3v) is 8.78. The number of nitrogens with zero attached hydrogens (tertiary/aromatic N) is 2. The summed E-state index contributed by atoms with van der Waals surface area (Å²) in [6.45, 7) is 19.8. The van der Waals surface area contributed by atoms with Crippen LogP contribution in [0.2, 0.25) is 0 Å². The van der Waals surface area contributed by atoms with Gasteiger partial charge in [0.1, 0.15) is 6.54 Å². The van der Waals surface area contributed by atoms with Crippen molar-refractivity contribution >= 4 is 29.1 Å². The number of aryl methyl sites for hydroxylation is 4. The number of ketones is 1. The smallest absolute Gasteiger partial charge is 0.238 e. The van der Waals surface area contributed by atoms with Gasteiger partial charge in [-0.2, -0.15) is 0 Å². The maximum Gasteiger partial charge on any atom is 0.238 e. The Morgan fingerprint density at radius 1 is 0.846 bits per heavy atom. The minimum atomic E-state index is 0.0333. The first-order chi connectivity index (χ1) is 18.6. The summed E-state index contributed by atoms with van der Waals surface area (Å²) in [7, 11) is 0. The third-order valence-electron chi connectivity index (χ3n) is 7.76. The van der Waals surface area contributed by atoms with E-state index >= 15 is 0 Å². The van der Waals surface area contributed by atoms with Gasteiger partial charge >= 0.3 is 0 Å². The number of amides is 1. The number of nitrogens with one attached hydrogen (secondary N) is 1. The molecule has 0 aliphatic rings. The highest BCUT2D eigenvalue weighted by Gasteiger charge is 2.29. The molecule has 0 aliphatic heterocycles. The van der Waals surface area contributed by atoms with Crippen LogP contribution in [0.25, 0.3) is 0 Å². The second-order valence-electron chi connectivity index (χ2n) is 11.1. The Morgan fingerprint density at radius 3 is 2.03 bits per heavy atom. The number of unbranched alkanes of at least 4 members (excludes halogenated alkanes) is 1. The van der Waals surface area contributed by atoms with E-state index in [1.54, 1.807) is 0 Å². The standard InChI is InChI=1S/C33H51N3O2S/c1-8-11-19-36(18-9-2,24-30(37)22-31-26(4)14-12-15-27(31)5)20-21-39-25-35(10-3)23-32(38)34-33-28(6)16-13-17-29(33)7/h12-17H,8-11,18-25H2,1-7H3/p+1. The fraction of sp³-hybridized carbons (Fsp3) is 0.576. The van der Waals surface area contributed by atoms with Crippen LogP contribution in [0.4, 0.5) is 5.69 Å². The molecule has 0 spiro atoms. The Hall–Kier alpha value is -2.15. The number of quaternary nitrogens is 1. The minimum absolute atomic E-state index is 0.0333. The highest BCUT2D eigenvalue weighted by atomic mass is 32.2. The molecule has 0 saturated heterocycles. The maximum atomic E-state index is 13.4. The fourth-order valence-corrected chi connectivity index (χ4v) is 6.57. The van der Waals surface area contributed by atoms with Crippen molar-refractivity contribution in [3.63, 3.8) is 0 Å². The van der Waals surface area contributed by atoms with Gasteiger partial charge in [0.2, 0.25) is 5.91 Å². The zero-order chi connectivity index (χ0) is 28.8. The monoisotopic (exact) mass is 554 g/mol. The van der Waals surface area contributed by atoms with Crippen molar-refractivity contribution in [3.05, 3.63) is 64.2 Å². The molecule has 0 heterocycles. The Bertz CT molecular complexity index is 1030. The zero-order valence-electron chi connectivity index (χ0n) is 25.6. The third kappa shape index (κ3) is 10.7. The molecule has 1 unspecified atom stereocenters. The van der Waals surface area contributed by atoms with Gasteiger partial charge in [-0.3, -0.25) is 14.5 Å². The van der Waals surface area contributed by atoms with Crippen molar-refractivity contribution in [2.45, 2.75) is 74.1 Å². The average Bonchev–Trinajstić information content (AvgIpc) is 2.89. The summed E-state index contributed by atoms with van der Waals surface area (Å²) >= 11 is 1.88. The first-order valence-corrected chi connectivity index (χ1v) is 15.9. The topological polar surface area (TPSA) is 49.4 Å². The largest absolute Gasteiger partial charge is 0.324 e. The van der Waals surface area contributed by atoms with E-state index in [0.717, 1.165) is 78.4 Å². The molecule has 1 atom stereocenters. The molecule has 6 heteroatoms. The molecule has 1 amide bonds. The number of rotatable bonds is 18. The van der Waals surface area contributed by atoms with Gasteiger partial charge in [-0.25, -0.2) is 0 Å². The molecule has 0 aromatic heterocycles. The van der Waals surface area contributed by atoms with Gasteiger partial charge in [-0.15, -0.1) is 11.8 Å². The molecule has 2 rings (SSSR count). The molecule has 0 saturated carbocycles. The van der Waals surface area contributed by atoms with E-state index in [-0.39, 0.29) is 5.91 Å². The lowest BCUT2D eigenvalue weighted by molar-refractivity contribution is -0.918. The molecular formula is C33H52N3O2S+. The molecule has 216 valence electrons. The van der Waals surface area contributed by atoms with Gasteiger partial charge < -0.3 is 9.80 Å². The number of likely N-dealkylation sites (N-methyl/N-ethyl adjacent to an activating group) is 1. The van der Waals surface area contributed by atoms with Crippen LogP contribution in [0.1, 0.15) is 67.9 Å². The maximum absolute atomic E-state index is 13.4. The van der Waals surface area contributed by atoms with Crippen LogP contribution in [-0.4, -0.2) is 72.0 Å². The van der Waals surface area contributed by atoms with Gasteiger partial charge in [0.15, 0.2) is 5.78 Å². The molecule has 1 N–H and O–H groups in total. The highest BCUT2D eigenvalue weighted by Crippen LogP contribution is 2.21. The van der Waals surface area contributed by atoms with Crippen molar-refractivity contribution in [1.82, 2.24) is 4.90 Å². The summed E-state index contributed by atoms with van der Waals surface area (Å²) in [4.78, 5) is 28.4. The Balaban J connectivity index is 1.97. The molecule has 5 nitrogen and oxygen atoms in total. The van der Waals surface area contributed by atoms with Gasteiger partial charge in [-0.05, 0) is 74.9 Å². The number of anilines is 1. The Kier molecular flexibility index (Phi) is 14.3. The van der Waals surface area contributed by atoms with E-state index in [2.05, 4.69) is 63.0 Å². The molecule has 0 fully saturated rings. The molecule has 39 heavy (non-hydrogen) atoms. The Morgan fingerprint density at radius 2 is 1.46 bits per heavy atom. The second kappa shape index (κ2) is 16.8. The van der Waals surface area contributed by atoms with Crippen LogP contribution >= 0.6 is 11.8 Å².